The molecule has 5 heteroatoms. The smallest absolute Gasteiger partial charge is 0.199 e. The molecule has 104 valence electrons. The van der Waals surface area contributed by atoms with Gasteiger partial charge in [0.15, 0.2) is 5.22 Å². The van der Waals surface area contributed by atoms with Crippen LogP contribution in [0.1, 0.15) is 11.1 Å². The number of hydrogen-bond acceptors (Lipinski definition) is 3. The van der Waals surface area contributed by atoms with Crippen LogP contribution in [0.25, 0.3) is 11.0 Å². The van der Waals surface area contributed by atoms with Gasteiger partial charge in [-0.15, -0.1) is 0 Å². The second kappa shape index (κ2) is 5.69. The highest BCUT2D eigenvalue weighted by atomic mass is 35.5. The number of para-hydroxylation sites is 1. The molecule has 0 aliphatic rings. The number of hydrogen-bond donors (Lipinski definition) is 1. The minimum Gasteiger partial charge on any atom is -0.444 e. The van der Waals surface area contributed by atoms with E-state index in [4.69, 9.17) is 32.9 Å². The predicted octanol–water partition coefficient (Wildman–Crippen LogP) is 5.22. The lowest BCUT2D eigenvalue weighted by atomic mass is 10.1. The van der Waals surface area contributed by atoms with Crippen molar-refractivity contribution in [3.8, 4) is 6.07 Å². The molecule has 2 aromatic carbocycles. The molecule has 1 aromatic heterocycles. The van der Waals surface area contributed by atoms with Crippen molar-refractivity contribution in [1.29, 1.82) is 5.26 Å². The number of furan rings is 1. The van der Waals surface area contributed by atoms with E-state index in [2.05, 4.69) is 11.4 Å². The van der Waals surface area contributed by atoms with Gasteiger partial charge in [0.1, 0.15) is 11.7 Å². The fourth-order valence-electron chi connectivity index (χ4n) is 2.15. The van der Waals surface area contributed by atoms with Gasteiger partial charge < -0.3 is 9.73 Å². The zero-order chi connectivity index (χ0) is 14.8. The lowest BCUT2D eigenvalue weighted by Crippen LogP contribution is -1.99. The molecule has 1 heterocycles. The van der Waals surface area contributed by atoms with Crippen molar-refractivity contribution in [2.24, 2.45) is 0 Å². The van der Waals surface area contributed by atoms with Gasteiger partial charge in [0.05, 0.1) is 10.6 Å². The monoisotopic (exact) mass is 316 g/mol. The van der Waals surface area contributed by atoms with Gasteiger partial charge in [-0.2, -0.15) is 5.26 Å². The third kappa shape index (κ3) is 2.69. The van der Waals surface area contributed by atoms with Gasteiger partial charge >= 0.3 is 0 Å². The molecular weight excluding hydrogens is 307 g/mol. The molecule has 3 aromatic rings. The van der Waals surface area contributed by atoms with Crippen molar-refractivity contribution in [3.63, 3.8) is 0 Å². The van der Waals surface area contributed by atoms with Crippen molar-refractivity contribution < 1.29 is 4.42 Å². The molecule has 3 nitrogen and oxygen atoms in total. The lowest BCUT2D eigenvalue weighted by Gasteiger charge is -2.06. The molecule has 0 bridgehead atoms. The van der Waals surface area contributed by atoms with E-state index in [-0.39, 0.29) is 0 Å². The number of rotatable bonds is 3. The summed E-state index contributed by atoms with van der Waals surface area (Å²) in [4.78, 5) is 0. The summed E-state index contributed by atoms with van der Waals surface area (Å²) in [7, 11) is 0. The van der Waals surface area contributed by atoms with E-state index >= 15 is 0 Å². The van der Waals surface area contributed by atoms with Crippen LogP contribution < -0.4 is 5.32 Å². The van der Waals surface area contributed by atoms with Crippen molar-refractivity contribution in [2.45, 2.75) is 6.54 Å². The summed E-state index contributed by atoms with van der Waals surface area (Å²) in [5.74, 6) is 0. The minimum absolute atomic E-state index is 0.373. The van der Waals surface area contributed by atoms with Crippen LogP contribution >= 0.6 is 23.2 Å². The Morgan fingerprint density at radius 2 is 1.95 bits per heavy atom. The lowest BCUT2D eigenvalue weighted by molar-refractivity contribution is 0.613. The fraction of sp³-hybridized carbons (Fsp3) is 0.0625. The predicted molar refractivity (Wildman–Crippen MR) is 84.7 cm³/mol. The molecular formula is C16H10Cl2N2O. The Morgan fingerprint density at radius 1 is 1.14 bits per heavy atom. The largest absolute Gasteiger partial charge is 0.444 e. The first-order valence-electron chi connectivity index (χ1n) is 6.28. The van der Waals surface area contributed by atoms with Crippen molar-refractivity contribution in [1.82, 2.24) is 0 Å². The van der Waals surface area contributed by atoms with Gasteiger partial charge in [0.25, 0.3) is 0 Å². The number of nitrogens with zero attached hydrogens (tertiary/aromatic N) is 1. The molecule has 0 spiro atoms. The molecule has 0 unspecified atom stereocenters. The molecule has 0 aliphatic carbocycles. The number of halogens is 2. The summed E-state index contributed by atoms with van der Waals surface area (Å²) in [6.45, 7) is 0.502. The Bertz CT molecular complexity index is 849. The highest BCUT2D eigenvalue weighted by Crippen LogP contribution is 2.30. The number of nitrogens with one attached hydrogen (secondary N) is 1. The molecule has 3 rings (SSSR count). The molecule has 0 fully saturated rings. The van der Waals surface area contributed by atoms with E-state index in [1.807, 2.05) is 30.3 Å². The minimum atomic E-state index is 0.373. The van der Waals surface area contributed by atoms with E-state index in [9.17, 15) is 0 Å². The summed E-state index contributed by atoms with van der Waals surface area (Å²) in [6.07, 6.45) is 0. The average molecular weight is 317 g/mol. The highest BCUT2D eigenvalue weighted by Gasteiger charge is 2.11. The molecule has 0 saturated carbocycles. The van der Waals surface area contributed by atoms with E-state index in [0.717, 1.165) is 22.2 Å². The fourth-order valence-corrected chi connectivity index (χ4v) is 2.56. The van der Waals surface area contributed by atoms with E-state index in [1.165, 1.54) is 0 Å². The maximum Gasteiger partial charge on any atom is 0.199 e. The molecule has 0 amide bonds. The molecule has 0 radical (unpaired) electrons. The van der Waals surface area contributed by atoms with Crippen molar-refractivity contribution in [3.05, 3.63) is 63.8 Å². The van der Waals surface area contributed by atoms with Crippen LogP contribution in [0, 0.1) is 11.3 Å². The van der Waals surface area contributed by atoms with Gasteiger partial charge in [-0.3, -0.25) is 0 Å². The van der Waals surface area contributed by atoms with Crippen LogP contribution in [0.5, 0.6) is 0 Å². The van der Waals surface area contributed by atoms with Crippen LogP contribution in [0.15, 0.2) is 46.9 Å². The average Bonchev–Trinajstić information content (AvgIpc) is 2.82. The van der Waals surface area contributed by atoms with Gasteiger partial charge in [-0.25, -0.2) is 0 Å². The topological polar surface area (TPSA) is 49.0 Å². The second-order valence-corrected chi connectivity index (χ2v) is 5.26. The summed E-state index contributed by atoms with van der Waals surface area (Å²) in [6, 6.07) is 14.9. The Morgan fingerprint density at radius 3 is 2.76 bits per heavy atom. The van der Waals surface area contributed by atoms with Gasteiger partial charge in [-0.1, -0.05) is 29.8 Å². The standard InChI is InChI=1S/C16H10Cl2N2O/c17-14-6-5-11(7-10(14)8-19)20-9-13-12-3-1-2-4-15(12)21-16(13)18/h1-7,20H,9H2. The van der Waals surface area contributed by atoms with Crippen LogP contribution in [-0.4, -0.2) is 0 Å². The van der Waals surface area contributed by atoms with Crippen LogP contribution in [-0.2, 0) is 6.54 Å². The maximum atomic E-state index is 8.98. The summed E-state index contributed by atoms with van der Waals surface area (Å²) < 4.78 is 5.50. The second-order valence-electron chi connectivity index (χ2n) is 4.51. The first-order chi connectivity index (χ1) is 10.2. The number of nitriles is 1. The van der Waals surface area contributed by atoms with Crippen LogP contribution in [0.2, 0.25) is 10.2 Å². The summed E-state index contributed by atoms with van der Waals surface area (Å²) in [5.41, 5.74) is 2.89. The Kier molecular flexibility index (Phi) is 3.74. The first-order valence-corrected chi connectivity index (χ1v) is 7.04. The molecule has 21 heavy (non-hydrogen) atoms. The molecule has 0 saturated heterocycles. The molecule has 0 atom stereocenters. The Hall–Kier alpha value is -2.15. The Labute approximate surface area is 131 Å². The van der Waals surface area contributed by atoms with E-state index < -0.39 is 0 Å². The third-order valence-corrected chi connectivity index (χ3v) is 3.84. The van der Waals surface area contributed by atoms with Gasteiger partial charge in [0.2, 0.25) is 0 Å². The van der Waals surface area contributed by atoms with Gasteiger partial charge in [0, 0.05) is 23.2 Å². The van der Waals surface area contributed by atoms with Crippen LogP contribution in [0.3, 0.4) is 0 Å². The highest BCUT2D eigenvalue weighted by molar-refractivity contribution is 6.32. The number of fused-ring (bicyclic) bond motifs is 1. The normalized spacial score (nSPS) is 10.5. The van der Waals surface area contributed by atoms with Gasteiger partial charge in [-0.05, 0) is 35.9 Å². The quantitative estimate of drug-likeness (QED) is 0.720. The number of anilines is 1. The van der Waals surface area contributed by atoms with E-state index in [1.54, 1.807) is 12.1 Å². The first kappa shape index (κ1) is 13.8. The molecule has 1 N–H and O–H groups in total. The van der Waals surface area contributed by atoms with Crippen molar-refractivity contribution in [2.75, 3.05) is 5.32 Å². The number of benzene rings is 2. The summed E-state index contributed by atoms with van der Waals surface area (Å²) >= 11 is 12.1. The zero-order valence-corrected chi connectivity index (χ0v) is 12.4. The summed E-state index contributed by atoms with van der Waals surface area (Å²) in [5, 5.41) is 14.0. The molecule has 0 aliphatic heterocycles. The van der Waals surface area contributed by atoms with Crippen molar-refractivity contribution >= 4 is 39.9 Å². The Balaban J connectivity index is 1.87. The zero-order valence-electron chi connectivity index (χ0n) is 10.9. The van der Waals surface area contributed by atoms with Crippen LogP contribution in [0.4, 0.5) is 5.69 Å². The van der Waals surface area contributed by atoms with E-state index in [0.29, 0.717) is 22.4 Å². The SMILES string of the molecule is N#Cc1cc(NCc2c(Cl)oc3ccccc23)ccc1Cl. The maximum absolute atomic E-state index is 8.98. The third-order valence-electron chi connectivity index (χ3n) is 3.21.